The predicted molar refractivity (Wildman–Crippen MR) is 42.2 cm³/mol. The first-order valence-electron chi connectivity index (χ1n) is 3.50. The Kier molecular flexibility index (Phi) is 2.28. The molecule has 1 rings (SSSR count). The molecular formula is C8H9NO3. The molecule has 0 aromatic carbocycles. The summed E-state index contributed by atoms with van der Waals surface area (Å²) in [5.41, 5.74) is 0.229. The van der Waals surface area contributed by atoms with Gasteiger partial charge in [0.25, 0.3) is 0 Å². The topological polar surface area (TPSA) is 57.6 Å². The molecule has 1 aliphatic rings. The van der Waals surface area contributed by atoms with Crippen molar-refractivity contribution in [3.8, 4) is 0 Å². The summed E-state index contributed by atoms with van der Waals surface area (Å²) >= 11 is 0. The van der Waals surface area contributed by atoms with Gasteiger partial charge in [0.2, 0.25) is 5.91 Å². The van der Waals surface area contributed by atoms with E-state index in [0.29, 0.717) is 6.54 Å². The van der Waals surface area contributed by atoms with E-state index in [1.54, 1.807) is 0 Å². The van der Waals surface area contributed by atoms with Gasteiger partial charge < -0.3 is 10.0 Å². The van der Waals surface area contributed by atoms with Crippen molar-refractivity contribution in [1.82, 2.24) is 4.90 Å². The zero-order valence-electron chi connectivity index (χ0n) is 6.65. The van der Waals surface area contributed by atoms with Crippen molar-refractivity contribution in [2.24, 2.45) is 0 Å². The van der Waals surface area contributed by atoms with Crippen LogP contribution in [0.2, 0.25) is 0 Å². The highest BCUT2D eigenvalue weighted by molar-refractivity contribution is 5.90. The maximum absolute atomic E-state index is 10.8. The smallest absolute Gasteiger partial charge is 0.335 e. The van der Waals surface area contributed by atoms with E-state index in [4.69, 9.17) is 5.11 Å². The Morgan fingerprint density at radius 3 is 2.58 bits per heavy atom. The van der Waals surface area contributed by atoms with E-state index in [1.807, 2.05) is 0 Å². The molecule has 0 saturated heterocycles. The first-order chi connectivity index (χ1) is 5.61. The van der Waals surface area contributed by atoms with Gasteiger partial charge in [0.15, 0.2) is 0 Å². The summed E-state index contributed by atoms with van der Waals surface area (Å²) in [6.45, 7) is 1.78. The molecule has 0 unspecified atom stereocenters. The molecule has 12 heavy (non-hydrogen) atoms. The average Bonchev–Trinajstić information content (AvgIpc) is 2.04. The highest BCUT2D eigenvalue weighted by Crippen LogP contribution is 2.06. The van der Waals surface area contributed by atoms with Gasteiger partial charge in [-0.2, -0.15) is 0 Å². The Balaban J connectivity index is 2.68. The zero-order chi connectivity index (χ0) is 9.14. The minimum atomic E-state index is -0.963. The summed E-state index contributed by atoms with van der Waals surface area (Å²) in [4.78, 5) is 22.6. The van der Waals surface area contributed by atoms with Crippen molar-refractivity contribution in [2.45, 2.75) is 6.92 Å². The molecule has 0 aromatic rings. The lowest BCUT2D eigenvalue weighted by Crippen LogP contribution is -2.25. The molecule has 1 aliphatic heterocycles. The van der Waals surface area contributed by atoms with Crippen molar-refractivity contribution in [3.05, 3.63) is 23.9 Å². The summed E-state index contributed by atoms with van der Waals surface area (Å²) in [6, 6.07) is 0. The Labute approximate surface area is 69.8 Å². The minimum absolute atomic E-state index is 0.0908. The normalized spacial score (nSPS) is 15.8. The lowest BCUT2D eigenvalue weighted by atomic mass is 10.2. The molecule has 0 fully saturated rings. The monoisotopic (exact) mass is 167 g/mol. The number of carboxylic acids is 1. The molecule has 0 bridgehead atoms. The molecule has 0 radical (unpaired) electrons. The Bertz CT molecular complexity index is 278. The fourth-order valence-electron chi connectivity index (χ4n) is 0.888. The second-order valence-corrected chi connectivity index (χ2v) is 2.45. The number of hydrogen-bond donors (Lipinski definition) is 1. The van der Waals surface area contributed by atoms with Crippen LogP contribution in [0.25, 0.3) is 0 Å². The molecule has 0 aromatic heterocycles. The van der Waals surface area contributed by atoms with Crippen molar-refractivity contribution in [2.75, 3.05) is 6.54 Å². The maximum Gasteiger partial charge on any atom is 0.335 e. The second-order valence-electron chi connectivity index (χ2n) is 2.45. The van der Waals surface area contributed by atoms with Crippen LogP contribution in [-0.4, -0.2) is 28.4 Å². The minimum Gasteiger partial charge on any atom is -0.478 e. The number of hydrogen-bond acceptors (Lipinski definition) is 2. The van der Waals surface area contributed by atoms with Gasteiger partial charge in [0, 0.05) is 19.7 Å². The van der Waals surface area contributed by atoms with E-state index in [1.165, 1.54) is 30.2 Å². The van der Waals surface area contributed by atoms with E-state index < -0.39 is 5.97 Å². The van der Waals surface area contributed by atoms with Gasteiger partial charge in [-0.3, -0.25) is 4.79 Å². The van der Waals surface area contributed by atoms with Crippen LogP contribution in [0.4, 0.5) is 0 Å². The third kappa shape index (κ3) is 1.72. The van der Waals surface area contributed by atoms with Gasteiger partial charge in [0.05, 0.1) is 5.57 Å². The number of amides is 1. The highest BCUT2D eigenvalue weighted by Gasteiger charge is 2.11. The molecule has 4 nitrogen and oxygen atoms in total. The second kappa shape index (κ2) is 3.21. The lowest BCUT2D eigenvalue weighted by Gasteiger charge is -2.17. The van der Waals surface area contributed by atoms with E-state index in [9.17, 15) is 9.59 Å². The number of rotatable bonds is 1. The molecular weight excluding hydrogens is 158 g/mol. The van der Waals surface area contributed by atoms with Crippen LogP contribution in [-0.2, 0) is 9.59 Å². The molecule has 4 heteroatoms. The molecule has 64 valence electrons. The first kappa shape index (κ1) is 8.52. The predicted octanol–water partition coefficient (Wildman–Crippen LogP) is 0.373. The molecule has 1 N–H and O–H groups in total. The van der Waals surface area contributed by atoms with Gasteiger partial charge in [-0.05, 0) is 6.08 Å². The molecule has 1 heterocycles. The van der Waals surface area contributed by atoms with E-state index in [2.05, 4.69) is 0 Å². The van der Waals surface area contributed by atoms with E-state index in [-0.39, 0.29) is 11.5 Å². The first-order valence-corrected chi connectivity index (χ1v) is 3.50. The summed E-state index contributed by atoms with van der Waals surface area (Å²) in [7, 11) is 0. The van der Waals surface area contributed by atoms with Gasteiger partial charge in [-0.15, -0.1) is 0 Å². The standard InChI is InChI=1S/C8H9NO3/c1-6(10)9-4-2-7(3-5-9)8(11)12/h2-4H,5H2,1H3,(H,11,12). The Hall–Kier alpha value is -1.58. The quantitative estimate of drug-likeness (QED) is 0.614. The lowest BCUT2D eigenvalue weighted by molar-refractivity contribution is -0.132. The Morgan fingerprint density at radius 2 is 2.25 bits per heavy atom. The van der Waals surface area contributed by atoms with Gasteiger partial charge in [0.1, 0.15) is 0 Å². The van der Waals surface area contributed by atoms with Gasteiger partial charge in [-0.1, -0.05) is 6.08 Å². The molecule has 0 aliphatic carbocycles. The number of carbonyl (C=O) groups excluding carboxylic acids is 1. The van der Waals surface area contributed by atoms with Gasteiger partial charge >= 0.3 is 5.97 Å². The molecule has 1 amide bonds. The highest BCUT2D eigenvalue weighted by atomic mass is 16.4. The summed E-state index contributed by atoms with van der Waals surface area (Å²) in [5, 5.41) is 8.54. The van der Waals surface area contributed by atoms with Crippen LogP contribution in [0.1, 0.15) is 6.92 Å². The van der Waals surface area contributed by atoms with E-state index >= 15 is 0 Å². The Morgan fingerprint density at radius 1 is 1.58 bits per heavy atom. The zero-order valence-corrected chi connectivity index (χ0v) is 6.65. The van der Waals surface area contributed by atoms with Crippen LogP contribution >= 0.6 is 0 Å². The number of aliphatic carboxylic acids is 1. The fourth-order valence-corrected chi connectivity index (χ4v) is 0.888. The summed E-state index contributed by atoms with van der Waals surface area (Å²) in [6.07, 6.45) is 4.39. The third-order valence-corrected chi connectivity index (χ3v) is 1.59. The van der Waals surface area contributed by atoms with Crippen molar-refractivity contribution in [3.63, 3.8) is 0 Å². The third-order valence-electron chi connectivity index (χ3n) is 1.59. The number of carboxylic acid groups (broad SMARTS) is 1. The van der Waals surface area contributed by atoms with Crippen LogP contribution < -0.4 is 0 Å². The molecule has 0 saturated carbocycles. The van der Waals surface area contributed by atoms with Crippen LogP contribution in [0, 0.1) is 0 Å². The van der Waals surface area contributed by atoms with Crippen LogP contribution in [0.15, 0.2) is 23.9 Å². The largest absolute Gasteiger partial charge is 0.478 e. The maximum atomic E-state index is 10.8. The molecule has 0 spiro atoms. The summed E-state index contributed by atoms with van der Waals surface area (Å²) in [5.74, 6) is -1.05. The van der Waals surface area contributed by atoms with Crippen LogP contribution in [0.5, 0.6) is 0 Å². The van der Waals surface area contributed by atoms with Crippen LogP contribution in [0.3, 0.4) is 0 Å². The SMILES string of the molecule is CC(=O)N1C=CC(C(=O)O)=CC1. The average molecular weight is 167 g/mol. The number of carbonyl (C=O) groups is 2. The van der Waals surface area contributed by atoms with Crippen molar-refractivity contribution < 1.29 is 14.7 Å². The number of nitrogens with zero attached hydrogens (tertiary/aromatic N) is 1. The van der Waals surface area contributed by atoms with Crippen molar-refractivity contribution in [1.29, 1.82) is 0 Å². The molecule has 0 atom stereocenters. The summed E-state index contributed by atoms with van der Waals surface area (Å²) < 4.78 is 0. The fraction of sp³-hybridized carbons (Fsp3) is 0.250. The van der Waals surface area contributed by atoms with Gasteiger partial charge in [-0.25, -0.2) is 4.79 Å². The van der Waals surface area contributed by atoms with E-state index in [0.717, 1.165) is 0 Å². The van der Waals surface area contributed by atoms with Crippen molar-refractivity contribution >= 4 is 11.9 Å².